The van der Waals surface area contributed by atoms with E-state index >= 15 is 0 Å². The molecule has 0 spiro atoms. The highest BCUT2D eigenvalue weighted by molar-refractivity contribution is 5.85. The van der Waals surface area contributed by atoms with Gasteiger partial charge in [-0.2, -0.15) is 13.2 Å². The van der Waals surface area contributed by atoms with Gasteiger partial charge in [-0.05, 0) is 39.0 Å². The van der Waals surface area contributed by atoms with Gasteiger partial charge in [-0.1, -0.05) is 0 Å². The lowest BCUT2D eigenvalue weighted by Gasteiger charge is -2.40. The van der Waals surface area contributed by atoms with Gasteiger partial charge in [-0.3, -0.25) is 14.1 Å². The summed E-state index contributed by atoms with van der Waals surface area (Å²) in [4.78, 5) is 40.6. The number of primary amides is 1. The van der Waals surface area contributed by atoms with Gasteiger partial charge in [0.1, 0.15) is 28.8 Å². The van der Waals surface area contributed by atoms with E-state index in [1.807, 2.05) is 0 Å². The number of amides is 2. The summed E-state index contributed by atoms with van der Waals surface area (Å²) < 4.78 is 46.3. The van der Waals surface area contributed by atoms with Crippen molar-refractivity contribution in [3.05, 3.63) is 42.4 Å². The molecule has 0 aromatic carbocycles. The van der Waals surface area contributed by atoms with E-state index in [9.17, 15) is 22.8 Å². The molecule has 2 N–H and O–H groups in total. The zero-order valence-electron chi connectivity index (χ0n) is 19.3. The van der Waals surface area contributed by atoms with E-state index in [1.165, 1.54) is 27.8 Å². The fourth-order valence-electron chi connectivity index (χ4n) is 3.74. The van der Waals surface area contributed by atoms with Crippen molar-refractivity contribution in [2.45, 2.75) is 38.6 Å². The van der Waals surface area contributed by atoms with Crippen LogP contribution in [-0.4, -0.2) is 67.5 Å². The largest absolute Gasteiger partial charge is 0.444 e. The molecule has 1 unspecified atom stereocenters. The van der Waals surface area contributed by atoms with E-state index in [0.717, 1.165) is 12.3 Å². The number of fused-ring (bicyclic) bond motifs is 1. The molecule has 1 atom stereocenters. The number of rotatable bonds is 3. The predicted octanol–water partition coefficient (Wildman–Crippen LogP) is 2.72. The molecular formula is C22H24F3N7O3. The van der Waals surface area contributed by atoms with Crippen LogP contribution >= 0.6 is 0 Å². The molecule has 0 bridgehead atoms. The van der Waals surface area contributed by atoms with Gasteiger partial charge in [0.05, 0.1) is 11.8 Å². The minimum absolute atomic E-state index is 0.0659. The maximum absolute atomic E-state index is 13.2. The van der Waals surface area contributed by atoms with Crippen molar-refractivity contribution in [1.82, 2.24) is 24.3 Å². The van der Waals surface area contributed by atoms with Crippen LogP contribution in [0, 0.1) is 0 Å². The van der Waals surface area contributed by atoms with Crippen LogP contribution in [0.1, 0.15) is 26.3 Å². The lowest BCUT2D eigenvalue weighted by Crippen LogP contribution is -2.60. The van der Waals surface area contributed by atoms with Crippen molar-refractivity contribution in [2.75, 3.05) is 24.5 Å². The average molecular weight is 491 g/mol. The first-order valence-corrected chi connectivity index (χ1v) is 10.7. The van der Waals surface area contributed by atoms with E-state index in [1.54, 1.807) is 31.7 Å². The van der Waals surface area contributed by atoms with Crippen LogP contribution in [0.5, 0.6) is 0 Å². The molecule has 0 radical (unpaired) electrons. The molecule has 0 aliphatic carbocycles. The van der Waals surface area contributed by atoms with E-state index in [0.29, 0.717) is 18.0 Å². The molecule has 1 saturated heterocycles. The van der Waals surface area contributed by atoms with Gasteiger partial charge in [0.25, 0.3) is 0 Å². The maximum atomic E-state index is 13.2. The third-order valence-corrected chi connectivity index (χ3v) is 5.36. The molecule has 186 valence electrons. The molecule has 3 aromatic rings. The Bertz CT molecular complexity index is 1270. The smallest absolute Gasteiger partial charge is 0.417 e. The van der Waals surface area contributed by atoms with Crippen LogP contribution in [0.3, 0.4) is 0 Å². The number of alkyl halides is 3. The van der Waals surface area contributed by atoms with Crippen molar-refractivity contribution in [2.24, 2.45) is 5.73 Å². The summed E-state index contributed by atoms with van der Waals surface area (Å²) in [6, 6.07) is 2.87. The van der Waals surface area contributed by atoms with E-state index in [2.05, 4.69) is 15.0 Å². The Balaban J connectivity index is 1.61. The molecule has 4 heterocycles. The second kappa shape index (κ2) is 8.71. The number of halogens is 3. The quantitative estimate of drug-likeness (QED) is 0.598. The van der Waals surface area contributed by atoms with E-state index < -0.39 is 35.4 Å². The minimum atomic E-state index is -4.52. The Hall–Kier alpha value is -3.90. The Morgan fingerprint density at radius 1 is 1.11 bits per heavy atom. The zero-order chi connectivity index (χ0) is 25.5. The SMILES string of the molecule is CC(C)(C)OC(=O)N1CCN(c2ccnc(-c3cnc4ccc(C(F)(F)F)cn34)n2)CC1C(N)=O. The Labute approximate surface area is 198 Å². The molecule has 10 nitrogen and oxygen atoms in total. The molecule has 13 heteroatoms. The first kappa shape index (κ1) is 24.2. The number of nitrogens with two attached hydrogens (primary N) is 1. The first-order valence-electron chi connectivity index (χ1n) is 10.7. The molecule has 0 saturated carbocycles. The van der Waals surface area contributed by atoms with Gasteiger partial charge < -0.3 is 15.4 Å². The minimum Gasteiger partial charge on any atom is -0.444 e. The molecule has 1 fully saturated rings. The van der Waals surface area contributed by atoms with Gasteiger partial charge in [-0.25, -0.2) is 19.7 Å². The van der Waals surface area contributed by atoms with E-state index in [-0.39, 0.29) is 24.6 Å². The van der Waals surface area contributed by atoms with Crippen LogP contribution in [0.25, 0.3) is 17.2 Å². The average Bonchev–Trinajstić information content (AvgIpc) is 3.20. The number of anilines is 1. The number of imidazole rings is 1. The highest BCUT2D eigenvalue weighted by Crippen LogP contribution is 2.30. The third kappa shape index (κ3) is 5.12. The number of pyridine rings is 1. The topological polar surface area (TPSA) is 119 Å². The number of carbonyl (C=O) groups is 2. The maximum Gasteiger partial charge on any atom is 0.417 e. The Morgan fingerprint density at radius 3 is 2.51 bits per heavy atom. The van der Waals surface area contributed by atoms with Crippen LogP contribution in [0.4, 0.5) is 23.8 Å². The molecule has 3 aromatic heterocycles. The van der Waals surface area contributed by atoms with Crippen molar-refractivity contribution in [3.8, 4) is 11.5 Å². The highest BCUT2D eigenvalue weighted by atomic mass is 19.4. The Morgan fingerprint density at radius 2 is 1.86 bits per heavy atom. The van der Waals surface area contributed by atoms with Crippen LogP contribution in [-0.2, 0) is 15.7 Å². The number of hydrogen-bond donors (Lipinski definition) is 1. The number of hydrogen-bond acceptors (Lipinski definition) is 7. The highest BCUT2D eigenvalue weighted by Gasteiger charge is 2.37. The fraction of sp³-hybridized carbons (Fsp3) is 0.409. The lowest BCUT2D eigenvalue weighted by atomic mass is 10.1. The lowest BCUT2D eigenvalue weighted by molar-refractivity contribution is -0.137. The summed E-state index contributed by atoms with van der Waals surface area (Å²) in [6.45, 7) is 5.72. The summed E-state index contributed by atoms with van der Waals surface area (Å²) in [6.07, 6.45) is -1.37. The summed E-state index contributed by atoms with van der Waals surface area (Å²) in [7, 11) is 0. The second-order valence-electron chi connectivity index (χ2n) is 9.06. The number of aromatic nitrogens is 4. The van der Waals surface area contributed by atoms with Crippen molar-refractivity contribution < 1.29 is 27.5 Å². The predicted molar refractivity (Wildman–Crippen MR) is 119 cm³/mol. The standard InChI is InChI=1S/C22H24F3N7O3/c1-21(2,3)35-20(34)31-9-8-30(12-15(31)18(26)33)17-6-7-27-19(29-17)14-10-28-16-5-4-13(11-32(14)16)22(23,24)25/h4-7,10-11,15H,8-9,12H2,1-3H3,(H2,26,33). The van der Waals surface area contributed by atoms with Gasteiger partial charge >= 0.3 is 12.3 Å². The number of ether oxygens (including phenoxy) is 1. The summed E-state index contributed by atoms with van der Waals surface area (Å²) >= 11 is 0. The van der Waals surface area contributed by atoms with Crippen LogP contribution < -0.4 is 10.6 Å². The van der Waals surface area contributed by atoms with Crippen LogP contribution in [0.15, 0.2) is 36.8 Å². The number of carbonyl (C=O) groups excluding carboxylic acids is 2. The van der Waals surface area contributed by atoms with E-state index in [4.69, 9.17) is 10.5 Å². The monoisotopic (exact) mass is 491 g/mol. The number of piperazine rings is 1. The Kier molecular flexibility index (Phi) is 6.03. The molecule has 4 rings (SSSR count). The second-order valence-corrected chi connectivity index (χ2v) is 9.06. The summed E-state index contributed by atoms with van der Waals surface area (Å²) in [5, 5.41) is 0. The molecule has 1 aliphatic rings. The third-order valence-electron chi connectivity index (χ3n) is 5.36. The molecule has 2 amide bonds. The van der Waals surface area contributed by atoms with Gasteiger partial charge in [0, 0.05) is 32.0 Å². The molecular weight excluding hydrogens is 467 g/mol. The zero-order valence-corrected chi connectivity index (χ0v) is 19.3. The van der Waals surface area contributed by atoms with Gasteiger partial charge in [0.2, 0.25) is 5.91 Å². The molecule has 1 aliphatic heterocycles. The first-order chi connectivity index (χ1) is 16.3. The normalized spacial score (nSPS) is 17.0. The summed E-state index contributed by atoms with van der Waals surface area (Å²) in [5.41, 5.74) is 4.58. The van der Waals surface area contributed by atoms with Crippen molar-refractivity contribution in [3.63, 3.8) is 0 Å². The van der Waals surface area contributed by atoms with Gasteiger partial charge in [-0.15, -0.1) is 0 Å². The number of nitrogens with zero attached hydrogens (tertiary/aromatic N) is 6. The fourth-order valence-corrected chi connectivity index (χ4v) is 3.74. The van der Waals surface area contributed by atoms with Crippen molar-refractivity contribution >= 4 is 23.5 Å². The van der Waals surface area contributed by atoms with Gasteiger partial charge in [0.15, 0.2) is 5.82 Å². The summed E-state index contributed by atoms with van der Waals surface area (Å²) in [5.74, 6) is -0.122. The van der Waals surface area contributed by atoms with Crippen molar-refractivity contribution in [1.29, 1.82) is 0 Å². The van der Waals surface area contributed by atoms with Crippen LogP contribution in [0.2, 0.25) is 0 Å². The molecule has 35 heavy (non-hydrogen) atoms.